The molecule has 0 atom stereocenters. The quantitative estimate of drug-likeness (QED) is 0.895. The lowest BCUT2D eigenvalue weighted by molar-refractivity contribution is 0.218. The Morgan fingerprint density at radius 1 is 1.23 bits per heavy atom. The van der Waals surface area contributed by atoms with Gasteiger partial charge in [0.25, 0.3) is 0 Å². The molecule has 0 spiro atoms. The van der Waals surface area contributed by atoms with Gasteiger partial charge < -0.3 is 15.5 Å². The maximum absolute atomic E-state index is 11.5. The monoisotopic (exact) mass is 319 g/mol. The summed E-state index contributed by atoms with van der Waals surface area (Å²) in [5.41, 5.74) is 3.91. The number of halogens is 1. The zero-order valence-corrected chi connectivity index (χ0v) is 13.5. The molecule has 1 saturated heterocycles. The van der Waals surface area contributed by atoms with Gasteiger partial charge >= 0.3 is 6.03 Å². The van der Waals surface area contributed by atoms with Gasteiger partial charge in [0, 0.05) is 24.7 Å². The molecular weight excluding hydrogens is 298 g/mol. The Morgan fingerprint density at radius 3 is 2.91 bits per heavy atom. The van der Waals surface area contributed by atoms with E-state index in [-0.39, 0.29) is 6.03 Å². The first-order valence-electron chi connectivity index (χ1n) is 7.96. The van der Waals surface area contributed by atoms with Crippen LogP contribution in [0.25, 0.3) is 6.08 Å². The summed E-state index contributed by atoms with van der Waals surface area (Å²) in [5.74, 6) is 0. The minimum Gasteiger partial charge on any atom is -0.336 e. The maximum Gasteiger partial charge on any atom is 0.317 e. The van der Waals surface area contributed by atoms with Gasteiger partial charge in [-0.05, 0) is 55.1 Å². The van der Waals surface area contributed by atoms with Gasteiger partial charge in [0.15, 0.2) is 0 Å². The largest absolute Gasteiger partial charge is 0.336 e. The van der Waals surface area contributed by atoms with Crippen LogP contribution in [0.5, 0.6) is 0 Å². The first-order valence-corrected chi connectivity index (χ1v) is 8.34. The molecule has 2 N–H and O–H groups in total. The van der Waals surface area contributed by atoms with E-state index in [2.05, 4.69) is 28.9 Å². The first kappa shape index (κ1) is 15.4. The zero-order chi connectivity index (χ0) is 15.4. The second-order valence-corrected chi connectivity index (χ2v) is 6.17. The molecule has 0 unspecified atom stereocenters. The summed E-state index contributed by atoms with van der Waals surface area (Å²) < 4.78 is 0. The number of hydrogen-bond donors (Lipinski definition) is 2. The predicted octanol–water partition coefficient (Wildman–Crippen LogP) is 2.46. The van der Waals surface area contributed by atoms with Gasteiger partial charge in [-0.1, -0.05) is 29.8 Å². The van der Waals surface area contributed by atoms with Crippen LogP contribution in [0.4, 0.5) is 4.79 Å². The Balaban J connectivity index is 1.68. The molecule has 2 heterocycles. The number of carbonyl (C=O) groups excluding carboxylic acids is 1. The minimum absolute atomic E-state index is 0.0473. The summed E-state index contributed by atoms with van der Waals surface area (Å²) in [4.78, 5) is 13.3. The van der Waals surface area contributed by atoms with Crippen LogP contribution in [0.2, 0.25) is 5.02 Å². The summed E-state index contributed by atoms with van der Waals surface area (Å²) in [6.45, 7) is 4.36. The molecular formula is C17H22ClN3O. The van der Waals surface area contributed by atoms with Gasteiger partial charge in [-0.25, -0.2) is 4.79 Å². The Hall–Kier alpha value is -1.52. The molecule has 4 nitrogen and oxygen atoms in total. The number of urea groups is 1. The molecule has 0 aromatic heterocycles. The van der Waals surface area contributed by atoms with Crippen molar-refractivity contribution < 1.29 is 4.79 Å². The molecule has 118 valence electrons. The third-order valence-electron chi connectivity index (χ3n) is 4.32. The van der Waals surface area contributed by atoms with Crippen LogP contribution < -0.4 is 10.6 Å². The fourth-order valence-electron chi connectivity index (χ4n) is 3.11. The van der Waals surface area contributed by atoms with Gasteiger partial charge in [0.2, 0.25) is 0 Å². The molecule has 0 bridgehead atoms. The summed E-state index contributed by atoms with van der Waals surface area (Å²) in [6, 6.07) is 4.20. The second kappa shape index (κ2) is 7.16. The second-order valence-electron chi connectivity index (χ2n) is 5.76. The number of rotatable bonds is 4. The third-order valence-corrected chi connectivity index (χ3v) is 4.65. The van der Waals surface area contributed by atoms with Gasteiger partial charge in [-0.2, -0.15) is 0 Å². The lowest BCUT2D eigenvalue weighted by atomic mass is 9.96. The van der Waals surface area contributed by atoms with Crippen molar-refractivity contribution in [2.24, 2.45) is 0 Å². The number of nitrogens with one attached hydrogen (secondary N) is 2. The predicted molar refractivity (Wildman–Crippen MR) is 90.4 cm³/mol. The highest BCUT2D eigenvalue weighted by Gasteiger charge is 2.18. The van der Waals surface area contributed by atoms with Gasteiger partial charge in [-0.3, -0.25) is 0 Å². The van der Waals surface area contributed by atoms with Gasteiger partial charge in [0.05, 0.1) is 0 Å². The van der Waals surface area contributed by atoms with Crippen molar-refractivity contribution in [1.82, 2.24) is 15.5 Å². The van der Waals surface area contributed by atoms with E-state index in [1.807, 2.05) is 11.0 Å². The highest BCUT2D eigenvalue weighted by Crippen LogP contribution is 2.27. The summed E-state index contributed by atoms with van der Waals surface area (Å²) >= 11 is 6.40. The van der Waals surface area contributed by atoms with E-state index in [1.165, 1.54) is 11.1 Å². The summed E-state index contributed by atoms with van der Waals surface area (Å²) in [5, 5.41) is 7.07. The fourth-order valence-corrected chi connectivity index (χ4v) is 3.35. The number of hydrogen-bond acceptors (Lipinski definition) is 2. The normalized spacial score (nSPS) is 18.4. The van der Waals surface area contributed by atoms with Crippen LogP contribution in [0, 0.1) is 0 Å². The highest BCUT2D eigenvalue weighted by molar-refractivity contribution is 6.32. The van der Waals surface area contributed by atoms with E-state index in [9.17, 15) is 4.79 Å². The SMILES string of the molecule is O=C1NCCN1CCC=Cc1c(Cl)ccc2c1CCNCC2. The van der Waals surface area contributed by atoms with Crippen molar-refractivity contribution in [3.05, 3.63) is 39.9 Å². The highest BCUT2D eigenvalue weighted by atomic mass is 35.5. The number of carbonyl (C=O) groups is 1. The van der Waals surface area contributed by atoms with Crippen molar-refractivity contribution in [2.45, 2.75) is 19.3 Å². The molecule has 1 aromatic carbocycles. The van der Waals surface area contributed by atoms with Crippen LogP contribution in [0.15, 0.2) is 18.2 Å². The number of benzene rings is 1. The Morgan fingerprint density at radius 2 is 2.09 bits per heavy atom. The molecule has 0 radical (unpaired) electrons. The first-order chi connectivity index (χ1) is 10.8. The van der Waals surface area contributed by atoms with Crippen LogP contribution in [0.3, 0.4) is 0 Å². The van der Waals surface area contributed by atoms with E-state index in [0.29, 0.717) is 0 Å². The molecule has 0 saturated carbocycles. The van der Waals surface area contributed by atoms with Crippen molar-refractivity contribution in [3.8, 4) is 0 Å². The number of nitrogens with zero attached hydrogens (tertiary/aromatic N) is 1. The number of fused-ring (bicyclic) bond motifs is 1. The van der Waals surface area contributed by atoms with Crippen LogP contribution in [0.1, 0.15) is 23.1 Å². The van der Waals surface area contributed by atoms with Crippen LogP contribution in [-0.2, 0) is 12.8 Å². The Bertz CT molecular complexity index is 586. The smallest absolute Gasteiger partial charge is 0.317 e. The Labute approximate surface area is 136 Å². The Kier molecular flexibility index (Phi) is 5.01. The summed E-state index contributed by atoms with van der Waals surface area (Å²) in [7, 11) is 0. The standard InChI is InChI=1S/C17H22ClN3O/c18-16-5-4-13-6-8-19-9-7-14(13)15(16)3-1-2-11-21-12-10-20-17(21)22/h1,3-5,19H,2,6-12H2,(H,20,22). The lowest BCUT2D eigenvalue weighted by Gasteiger charge is -2.13. The van der Waals surface area contributed by atoms with Crippen LogP contribution in [-0.4, -0.2) is 43.7 Å². The van der Waals surface area contributed by atoms with Crippen molar-refractivity contribution in [1.29, 1.82) is 0 Å². The minimum atomic E-state index is 0.0473. The van der Waals surface area contributed by atoms with Crippen LogP contribution >= 0.6 is 11.6 Å². The molecule has 5 heteroatoms. The average Bonchev–Trinajstić information content (AvgIpc) is 2.78. The molecule has 0 aliphatic carbocycles. The van der Waals surface area contributed by atoms with Crippen molar-refractivity contribution >= 4 is 23.7 Å². The topological polar surface area (TPSA) is 44.4 Å². The molecule has 22 heavy (non-hydrogen) atoms. The maximum atomic E-state index is 11.5. The average molecular weight is 320 g/mol. The number of amides is 2. The molecule has 2 aliphatic heterocycles. The van der Waals surface area contributed by atoms with E-state index < -0.39 is 0 Å². The molecule has 2 aliphatic rings. The van der Waals surface area contributed by atoms with Crippen molar-refractivity contribution in [3.63, 3.8) is 0 Å². The van der Waals surface area contributed by atoms with Gasteiger partial charge in [0.1, 0.15) is 0 Å². The van der Waals surface area contributed by atoms with Crippen molar-refractivity contribution in [2.75, 3.05) is 32.7 Å². The molecule has 1 fully saturated rings. The molecule has 1 aromatic rings. The fraction of sp³-hybridized carbons (Fsp3) is 0.471. The molecule has 2 amide bonds. The zero-order valence-electron chi connectivity index (χ0n) is 12.7. The van der Waals surface area contributed by atoms with E-state index in [0.717, 1.165) is 62.6 Å². The summed E-state index contributed by atoms with van der Waals surface area (Å²) in [6.07, 6.45) is 7.18. The van der Waals surface area contributed by atoms with Gasteiger partial charge in [-0.15, -0.1) is 0 Å². The lowest BCUT2D eigenvalue weighted by Crippen LogP contribution is -2.28. The van der Waals surface area contributed by atoms with E-state index in [1.54, 1.807) is 0 Å². The third kappa shape index (κ3) is 3.45. The van der Waals surface area contributed by atoms with E-state index in [4.69, 9.17) is 11.6 Å². The van der Waals surface area contributed by atoms with E-state index >= 15 is 0 Å². The molecule has 3 rings (SSSR count).